The van der Waals surface area contributed by atoms with Crippen molar-refractivity contribution in [3.63, 3.8) is 0 Å². The van der Waals surface area contributed by atoms with E-state index in [1.54, 1.807) is 7.11 Å². The highest BCUT2D eigenvalue weighted by atomic mass is 35.5. The number of carbonyl (C=O) groups excluding carboxylic acids is 1. The molecule has 35 heavy (non-hydrogen) atoms. The molecule has 0 spiro atoms. The van der Waals surface area contributed by atoms with Crippen LogP contribution in [0.5, 0.6) is 5.88 Å². The molecule has 3 aromatic rings. The van der Waals surface area contributed by atoms with Gasteiger partial charge < -0.3 is 20.5 Å². The smallest absolute Gasteiger partial charge is 0.353 e. The monoisotopic (exact) mass is 553 g/mol. The maximum Gasteiger partial charge on any atom is 0.353 e. The minimum atomic E-state index is -1.26. The van der Waals surface area contributed by atoms with E-state index in [0.717, 1.165) is 25.6 Å². The molecule has 0 fully saturated rings. The van der Waals surface area contributed by atoms with Crippen molar-refractivity contribution in [2.24, 2.45) is 0 Å². The van der Waals surface area contributed by atoms with Gasteiger partial charge in [-0.15, -0.1) is 24.8 Å². The van der Waals surface area contributed by atoms with Gasteiger partial charge in [0.1, 0.15) is 5.69 Å². The van der Waals surface area contributed by atoms with Crippen LogP contribution < -0.4 is 15.4 Å². The van der Waals surface area contributed by atoms with E-state index in [9.17, 15) is 18.4 Å². The molecule has 0 unspecified atom stereocenters. The number of rotatable bonds is 8. The molecule has 1 amide bonds. The van der Waals surface area contributed by atoms with Gasteiger partial charge in [-0.05, 0) is 30.7 Å². The number of carboxylic acid groups (broad SMARTS) is 1. The van der Waals surface area contributed by atoms with Gasteiger partial charge in [-0.1, -0.05) is 24.6 Å². The molecule has 3 rings (SSSR count). The normalized spacial score (nSPS) is 9.63. The lowest BCUT2D eigenvalue weighted by Gasteiger charge is -2.04. The Bertz CT molecular complexity index is 1100. The molecule has 0 aliphatic heterocycles. The van der Waals surface area contributed by atoms with Gasteiger partial charge in [0.15, 0.2) is 17.5 Å². The van der Waals surface area contributed by atoms with Crippen molar-refractivity contribution < 1.29 is 28.2 Å². The number of aromatic carboxylic acids is 1. The summed E-state index contributed by atoms with van der Waals surface area (Å²) in [7, 11) is 1.62. The number of hydrogen-bond donors (Lipinski definition) is 4. The largest absolute Gasteiger partial charge is 0.481 e. The summed E-state index contributed by atoms with van der Waals surface area (Å²) in [5.74, 6) is -3.94. The predicted octanol–water partition coefficient (Wildman–Crippen LogP) is 4.73. The van der Waals surface area contributed by atoms with E-state index < -0.39 is 23.5 Å². The van der Waals surface area contributed by atoms with Crippen molar-refractivity contribution in [1.29, 1.82) is 0 Å². The van der Waals surface area contributed by atoms with Gasteiger partial charge in [0.25, 0.3) is 5.91 Å². The second-order valence-corrected chi connectivity index (χ2v) is 6.97. The number of carboxylic acids is 1. The Morgan fingerprint density at radius 1 is 1.17 bits per heavy atom. The van der Waals surface area contributed by atoms with Crippen LogP contribution in [0.25, 0.3) is 0 Å². The molecule has 1 aromatic carbocycles. The van der Waals surface area contributed by atoms with Crippen molar-refractivity contribution in [2.75, 3.05) is 19.0 Å². The number of aromatic nitrogens is 3. The summed E-state index contributed by atoms with van der Waals surface area (Å²) < 4.78 is 30.9. The van der Waals surface area contributed by atoms with Gasteiger partial charge in [-0.25, -0.2) is 18.6 Å². The summed E-state index contributed by atoms with van der Waals surface area (Å²) in [5.41, 5.74) is 0.649. The Labute approximate surface area is 217 Å². The number of aromatic amines is 1. The molecule has 14 heteroatoms. The quantitative estimate of drug-likeness (QED) is 0.234. The molecule has 2 aromatic heterocycles. The third-order valence-corrected chi connectivity index (χ3v) is 4.38. The first-order valence-electron chi connectivity index (χ1n) is 9.69. The minimum Gasteiger partial charge on any atom is -0.481 e. The van der Waals surface area contributed by atoms with Crippen LogP contribution in [-0.4, -0.2) is 45.8 Å². The maximum absolute atomic E-state index is 13.1. The van der Waals surface area contributed by atoms with Crippen molar-refractivity contribution in [1.82, 2.24) is 20.5 Å². The minimum absolute atomic E-state index is 0. The zero-order valence-corrected chi connectivity index (χ0v) is 21.0. The van der Waals surface area contributed by atoms with Crippen molar-refractivity contribution in [3.8, 4) is 5.88 Å². The van der Waals surface area contributed by atoms with E-state index in [-0.39, 0.29) is 46.9 Å². The molecular weight excluding hydrogens is 531 g/mol. The standard InChI is InChI=1S/C11H6ClF2N3O3.C10H16N2O.2ClH/c12-5-2-7(14)6(13)1-4(5)10(18)15-9-3-8(11(19)20)16-17-9;1-3-6-11-7-9-4-5-10(13-2)12-8-9;;/h1-3H,(H,19,20)(H2,15,16,17,18);4-5,8,11H,3,6-7H2,1-2H3;2*1H. The van der Waals surface area contributed by atoms with Gasteiger partial charge in [-0.2, -0.15) is 5.10 Å². The molecular formula is C21H24Cl3F2N5O4. The topological polar surface area (TPSA) is 129 Å². The number of pyridine rings is 1. The summed E-state index contributed by atoms with van der Waals surface area (Å²) in [4.78, 5) is 26.5. The fraction of sp³-hybridized carbons (Fsp3) is 0.238. The summed E-state index contributed by atoms with van der Waals surface area (Å²) in [6, 6.07) is 6.27. The van der Waals surface area contributed by atoms with E-state index in [4.69, 9.17) is 21.4 Å². The van der Waals surface area contributed by atoms with Crippen molar-refractivity contribution >= 4 is 54.1 Å². The molecule has 0 aliphatic carbocycles. The Kier molecular flexibility index (Phi) is 14.5. The number of amides is 1. The fourth-order valence-electron chi connectivity index (χ4n) is 2.42. The predicted molar refractivity (Wildman–Crippen MR) is 132 cm³/mol. The lowest BCUT2D eigenvalue weighted by Crippen LogP contribution is -2.13. The summed E-state index contributed by atoms with van der Waals surface area (Å²) >= 11 is 5.63. The van der Waals surface area contributed by atoms with E-state index in [1.807, 2.05) is 18.3 Å². The van der Waals surface area contributed by atoms with E-state index in [0.29, 0.717) is 18.0 Å². The van der Waals surface area contributed by atoms with Crippen LogP contribution in [-0.2, 0) is 6.54 Å². The molecule has 0 bridgehead atoms. The molecule has 9 nitrogen and oxygen atoms in total. The van der Waals surface area contributed by atoms with Crippen molar-refractivity contribution in [2.45, 2.75) is 19.9 Å². The summed E-state index contributed by atoms with van der Waals surface area (Å²) in [6.45, 7) is 4.08. The van der Waals surface area contributed by atoms with Gasteiger partial charge in [0, 0.05) is 24.9 Å². The van der Waals surface area contributed by atoms with Gasteiger partial charge in [-0.3, -0.25) is 9.89 Å². The number of nitrogens with zero attached hydrogens (tertiary/aromatic N) is 2. The maximum atomic E-state index is 13.1. The molecule has 0 saturated heterocycles. The Morgan fingerprint density at radius 2 is 1.86 bits per heavy atom. The number of ether oxygens (including phenoxy) is 1. The van der Waals surface area contributed by atoms with E-state index in [1.165, 1.54) is 5.56 Å². The average molecular weight is 555 g/mol. The van der Waals surface area contributed by atoms with Crippen LogP contribution >= 0.6 is 36.4 Å². The lowest BCUT2D eigenvalue weighted by atomic mass is 10.2. The molecule has 0 aliphatic rings. The summed E-state index contributed by atoms with van der Waals surface area (Å²) in [6.07, 6.45) is 2.99. The second-order valence-electron chi connectivity index (χ2n) is 6.56. The molecule has 0 radical (unpaired) electrons. The van der Waals surface area contributed by atoms with Crippen LogP contribution in [0.3, 0.4) is 0 Å². The zero-order valence-electron chi connectivity index (χ0n) is 18.6. The first-order valence-corrected chi connectivity index (χ1v) is 10.1. The lowest BCUT2D eigenvalue weighted by molar-refractivity contribution is 0.0690. The third kappa shape index (κ3) is 10.0. The SMILES string of the molecule is CCCNCc1ccc(OC)nc1.Cl.Cl.O=C(O)c1cc(NC(=O)c2cc(F)c(F)cc2Cl)n[nH]1. The number of nitrogens with one attached hydrogen (secondary N) is 3. The molecule has 0 atom stereocenters. The number of methoxy groups -OCH3 is 1. The van der Waals surface area contributed by atoms with Gasteiger partial charge in [0.2, 0.25) is 5.88 Å². The highest BCUT2D eigenvalue weighted by Crippen LogP contribution is 2.21. The Morgan fingerprint density at radius 3 is 2.40 bits per heavy atom. The first kappa shape index (κ1) is 32.0. The van der Waals surface area contributed by atoms with Gasteiger partial charge >= 0.3 is 5.97 Å². The van der Waals surface area contributed by atoms with E-state index in [2.05, 4.69) is 32.7 Å². The van der Waals surface area contributed by atoms with Crippen LogP contribution in [0.1, 0.15) is 39.8 Å². The van der Waals surface area contributed by atoms with Gasteiger partial charge in [0.05, 0.1) is 17.7 Å². The molecule has 192 valence electrons. The van der Waals surface area contributed by atoms with Crippen LogP contribution in [0, 0.1) is 11.6 Å². The van der Waals surface area contributed by atoms with E-state index >= 15 is 0 Å². The number of hydrogen-bond acceptors (Lipinski definition) is 6. The molecule has 2 heterocycles. The van der Waals surface area contributed by atoms with Crippen molar-refractivity contribution in [3.05, 3.63) is 70.0 Å². The number of carbonyl (C=O) groups is 2. The third-order valence-electron chi connectivity index (χ3n) is 4.07. The highest BCUT2D eigenvalue weighted by Gasteiger charge is 2.17. The first-order chi connectivity index (χ1) is 15.7. The zero-order chi connectivity index (χ0) is 24.4. The number of H-pyrrole nitrogens is 1. The number of anilines is 1. The highest BCUT2D eigenvalue weighted by molar-refractivity contribution is 6.34. The Hall–Kier alpha value is -2.99. The number of halogens is 5. The number of benzene rings is 1. The molecule has 4 N–H and O–H groups in total. The van der Waals surface area contributed by atoms with Crippen LogP contribution in [0.2, 0.25) is 5.02 Å². The summed E-state index contributed by atoms with van der Waals surface area (Å²) in [5, 5.41) is 19.6. The molecule has 0 saturated carbocycles. The Balaban J connectivity index is 0.000000677. The average Bonchev–Trinajstić information content (AvgIpc) is 3.26. The fourth-order valence-corrected chi connectivity index (χ4v) is 2.66. The second kappa shape index (κ2) is 15.8. The van der Waals surface area contributed by atoms with Crippen LogP contribution in [0.15, 0.2) is 36.5 Å². The van der Waals surface area contributed by atoms with Crippen LogP contribution in [0.4, 0.5) is 14.6 Å².